The summed E-state index contributed by atoms with van der Waals surface area (Å²) in [5, 5.41) is 2.54. The molecule has 19 heavy (non-hydrogen) atoms. The summed E-state index contributed by atoms with van der Waals surface area (Å²) in [7, 11) is 1.72. The number of nitrogens with zero attached hydrogens (tertiary/aromatic N) is 1. The van der Waals surface area contributed by atoms with Crippen LogP contribution in [-0.4, -0.2) is 30.9 Å². The molecule has 0 saturated carbocycles. The van der Waals surface area contributed by atoms with Crippen LogP contribution in [0.15, 0.2) is 18.2 Å². The van der Waals surface area contributed by atoms with Gasteiger partial charge in [0.15, 0.2) is 11.6 Å². The van der Waals surface area contributed by atoms with E-state index in [1.165, 1.54) is 6.07 Å². The van der Waals surface area contributed by atoms with E-state index in [4.69, 9.17) is 6.42 Å². The van der Waals surface area contributed by atoms with Gasteiger partial charge in [-0.1, -0.05) is 12.0 Å². The van der Waals surface area contributed by atoms with E-state index in [0.29, 0.717) is 5.56 Å². The van der Waals surface area contributed by atoms with Crippen molar-refractivity contribution in [1.82, 2.24) is 10.2 Å². The molecular weight excluding hydrogens is 250 g/mol. The minimum Gasteiger partial charge on any atom is -0.344 e. The number of carbonyl (C=O) groups is 1. The van der Waals surface area contributed by atoms with Crippen LogP contribution < -0.4 is 5.32 Å². The predicted molar refractivity (Wildman–Crippen MR) is 69.2 cm³/mol. The molecule has 0 aliphatic carbocycles. The first-order valence-corrected chi connectivity index (χ1v) is 5.81. The Balaban J connectivity index is 2.66. The molecule has 1 unspecified atom stereocenters. The largest absolute Gasteiger partial charge is 0.344 e. The summed E-state index contributed by atoms with van der Waals surface area (Å²) in [6.45, 7) is 2.11. The van der Waals surface area contributed by atoms with Crippen LogP contribution in [-0.2, 0) is 4.79 Å². The van der Waals surface area contributed by atoms with Gasteiger partial charge in [-0.05, 0) is 31.7 Å². The Morgan fingerprint density at radius 2 is 2.16 bits per heavy atom. The third kappa shape index (κ3) is 4.34. The monoisotopic (exact) mass is 266 g/mol. The van der Waals surface area contributed by atoms with E-state index in [9.17, 15) is 13.6 Å². The zero-order chi connectivity index (χ0) is 14.4. The van der Waals surface area contributed by atoms with Crippen LogP contribution >= 0.6 is 0 Å². The Kier molecular flexibility index (Phi) is 5.46. The van der Waals surface area contributed by atoms with Crippen molar-refractivity contribution in [2.75, 3.05) is 20.1 Å². The van der Waals surface area contributed by atoms with E-state index >= 15 is 0 Å². The maximum Gasteiger partial charge on any atom is 0.234 e. The molecule has 0 heterocycles. The summed E-state index contributed by atoms with van der Waals surface area (Å²) in [6, 6.07) is 3.49. The average molecular weight is 266 g/mol. The van der Waals surface area contributed by atoms with Crippen LogP contribution in [0, 0.1) is 24.0 Å². The van der Waals surface area contributed by atoms with Crippen molar-refractivity contribution in [2.45, 2.75) is 13.0 Å². The molecule has 0 fully saturated rings. The van der Waals surface area contributed by atoms with E-state index in [0.717, 1.165) is 12.1 Å². The van der Waals surface area contributed by atoms with Crippen LogP contribution in [0.4, 0.5) is 8.78 Å². The van der Waals surface area contributed by atoms with Gasteiger partial charge in [-0.15, -0.1) is 6.42 Å². The highest BCUT2D eigenvalue weighted by Crippen LogP contribution is 2.20. The molecule has 1 rings (SSSR count). The predicted octanol–water partition coefficient (Wildman–Crippen LogP) is 1.71. The molecule has 5 heteroatoms. The summed E-state index contributed by atoms with van der Waals surface area (Å²) in [6.07, 6.45) is 5.03. The Bertz CT molecular complexity index is 497. The lowest BCUT2D eigenvalue weighted by Gasteiger charge is -2.24. The maximum absolute atomic E-state index is 13.1. The number of benzene rings is 1. The molecule has 1 atom stereocenters. The second-order valence-electron chi connectivity index (χ2n) is 4.25. The topological polar surface area (TPSA) is 32.3 Å². The molecule has 0 aromatic heterocycles. The summed E-state index contributed by atoms with van der Waals surface area (Å²) < 4.78 is 26.0. The standard InChI is InChI=1S/C14H16F2N2O/c1-4-7-17-14(19)9-18(3)10(2)11-5-6-12(15)13(16)8-11/h1,5-6,8,10H,7,9H2,2-3H3,(H,17,19). The van der Waals surface area contributed by atoms with Gasteiger partial charge in [0.2, 0.25) is 5.91 Å². The zero-order valence-electron chi connectivity index (χ0n) is 10.9. The number of halogens is 2. The first-order valence-electron chi connectivity index (χ1n) is 5.81. The fourth-order valence-electron chi connectivity index (χ4n) is 1.60. The molecule has 1 aromatic carbocycles. The third-order valence-corrected chi connectivity index (χ3v) is 2.87. The molecule has 0 bridgehead atoms. The van der Waals surface area contributed by atoms with E-state index in [1.807, 2.05) is 0 Å². The highest BCUT2D eigenvalue weighted by Gasteiger charge is 2.16. The Labute approximate surface area is 111 Å². The molecule has 3 nitrogen and oxygen atoms in total. The van der Waals surface area contributed by atoms with Crippen LogP contribution in [0.25, 0.3) is 0 Å². The lowest BCUT2D eigenvalue weighted by atomic mass is 10.1. The third-order valence-electron chi connectivity index (χ3n) is 2.87. The number of carbonyl (C=O) groups excluding carboxylic acids is 1. The van der Waals surface area contributed by atoms with Crippen LogP contribution in [0.5, 0.6) is 0 Å². The molecule has 1 aromatic rings. The minimum absolute atomic E-state index is 0.127. The SMILES string of the molecule is C#CCNC(=O)CN(C)C(C)c1ccc(F)c(F)c1. The van der Waals surface area contributed by atoms with Crippen LogP contribution in [0.3, 0.4) is 0 Å². The molecule has 0 spiro atoms. The second kappa shape index (κ2) is 6.86. The quantitative estimate of drug-likeness (QED) is 0.823. The number of nitrogens with one attached hydrogen (secondary N) is 1. The summed E-state index contributed by atoms with van der Waals surface area (Å²) >= 11 is 0. The molecule has 0 aliphatic rings. The fourth-order valence-corrected chi connectivity index (χ4v) is 1.60. The fraction of sp³-hybridized carbons (Fsp3) is 0.357. The summed E-state index contributed by atoms with van der Waals surface area (Å²) in [5.41, 5.74) is 0.603. The first kappa shape index (κ1) is 15.1. The first-order chi connectivity index (χ1) is 8.95. The number of terminal acetylenes is 1. The second-order valence-corrected chi connectivity index (χ2v) is 4.25. The molecule has 0 radical (unpaired) electrons. The van der Waals surface area contributed by atoms with Gasteiger partial charge in [-0.25, -0.2) is 8.78 Å². The van der Waals surface area contributed by atoms with Gasteiger partial charge in [0, 0.05) is 6.04 Å². The van der Waals surface area contributed by atoms with Crippen molar-refractivity contribution in [3.8, 4) is 12.3 Å². The highest BCUT2D eigenvalue weighted by molar-refractivity contribution is 5.78. The minimum atomic E-state index is -0.894. The Morgan fingerprint density at radius 3 is 2.74 bits per heavy atom. The molecule has 0 aliphatic heterocycles. The van der Waals surface area contributed by atoms with Crippen molar-refractivity contribution in [3.63, 3.8) is 0 Å². The number of hydrogen-bond donors (Lipinski definition) is 1. The molecule has 1 amide bonds. The molecule has 102 valence electrons. The lowest BCUT2D eigenvalue weighted by molar-refractivity contribution is -0.122. The van der Waals surface area contributed by atoms with Crippen LogP contribution in [0.2, 0.25) is 0 Å². The van der Waals surface area contributed by atoms with Gasteiger partial charge in [-0.2, -0.15) is 0 Å². The number of likely N-dealkylation sites (N-methyl/N-ethyl adjacent to an activating group) is 1. The van der Waals surface area contributed by atoms with Gasteiger partial charge < -0.3 is 5.32 Å². The van der Waals surface area contributed by atoms with E-state index < -0.39 is 11.6 Å². The Hall–Kier alpha value is -1.93. The molecule has 0 saturated heterocycles. The van der Waals surface area contributed by atoms with Gasteiger partial charge in [-0.3, -0.25) is 9.69 Å². The highest BCUT2D eigenvalue weighted by atomic mass is 19.2. The van der Waals surface area contributed by atoms with Gasteiger partial charge in [0.1, 0.15) is 0 Å². The van der Waals surface area contributed by atoms with Gasteiger partial charge in [0.05, 0.1) is 13.1 Å². The maximum atomic E-state index is 13.1. The summed E-state index contributed by atoms with van der Waals surface area (Å²) in [5.74, 6) is 0.314. The molecular formula is C14H16F2N2O. The van der Waals surface area contributed by atoms with Gasteiger partial charge >= 0.3 is 0 Å². The van der Waals surface area contributed by atoms with Crippen molar-refractivity contribution in [3.05, 3.63) is 35.4 Å². The number of hydrogen-bond acceptors (Lipinski definition) is 2. The van der Waals surface area contributed by atoms with Gasteiger partial charge in [0.25, 0.3) is 0 Å². The average Bonchev–Trinajstić information content (AvgIpc) is 2.38. The van der Waals surface area contributed by atoms with E-state index in [1.54, 1.807) is 18.9 Å². The van der Waals surface area contributed by atoms with Crippen LogP contribution in [0.1, 0.15) is 18.5 Å². The van der Waals surface area contributed by atoms with E-state index in [-0.39, 0.29) is 25.0 Å². The smallest absolute Gasteiger partial charge is 0.234 e. The Morgan fingerprint density at radius 1 is 1.47 bits per heavy atom. The normalized spacial score (nSPS) is 12.0. The van der Waals surface area contributed by atoms with Crippen molar-refractivity contribution in [2.24, 2.45) is 0 Å². The number of amides is 1. The summed E-state index contributed by atoms with van der Waals surface area (Å²) in [4.78, 5) is 13.2. The number of rotatable bonds is 5. The van der Waals surface area contributed by atoms with Crippen molar-refractivity contribution < 1.29 is 13.6 Å². The lowest BCUT2D eigenvalue weighted by Crippen LogP contribution is -2.36. The van der Waals surface area contributed by atoms with Crippen molar-refractivity contribution >= 4 is 5.91 Å². The zero-order valence-corrected chi connectivity index (χ0v) is 10.9. The van der Waals surface area contributed by atoms with Crippen molar-refractivity contribution in [1.29, 1.82) is 0 Å². The molecule has 1 N–H and O–H groups in total. The van der Waals surface area contributed by atoms with E-state index in [2.05, 4.69) is 11.2 Å².